The van der Waals surface area contributed by atoms with E-state index in [1.165, 1.54) is 6.08 Å². The third kappa shape index (κ3) is 3.98. The van der Waals surface area contributed by atoms with Crippen LogP contribution in [0.15, 0.2) is 48.5 Å². The van der Waals surface area contributed by atoms with Crippen LogP contribution in [0.4, 0.5) is 0 Å². The normalized spacial score (nSPS) is 11.0. The molecule has 25 heavy (non-hydrogen) atoms. The Hall–Kier alpha value is -3.28. The number of H-pyrrole nitrogens is 1. The Kier molecular flexibility index (Phi) is 4.99. The van der Waals surface area contributed by atoms with E-state index in [-0.39, 0.29) is 5.91 Å². The number of amides is 1. The summed E-state index contributed by atoms with van der Waals surface area (Å²) in [5.74, 6) is 1.84. The van der Waals surface area contributed by atoms with Gasteiger partial charge in [0, 0.05) is 17.7 Å². The smallest absolute Gasteiger partial charge is 0.244 e. The van der Waals surface area contributed by atoms with Crippen molar-refractivity contribution in [2.45, 2.75) is 6.54 Å². The van der Waals surface area contributed by atoms with Gasteiger partial charge in [0.25, 0.3) is 0 Å². The number of nitrogens with zero attached hydrogens (tertiary/aromatic N) is 1. The summed E-state index contributed by atoms with van der Waals surface area (Å²) in [7, 11) is 3.17. The predicted molar refractivity (Wildman–Crippen MR) is 96.5 cm³/mol. The average Bonchev–Trinajstić information content (AvgIpc) is 3.07. The van der Waals surface area contributed by atoms with E-state index < -0.39 is 0 Å². The summed E-state index contributed by atoms with van der Waals surface area (Å²) in [5.41, 5.74) is 2.62. The first-order valence-corrected chi connectivity index (χ1v) is 7.81. The third-order valence-corrected chi connectivity index (χ3v) is 3.72. The molecule has 6 heteroatoms. The molecule has 0 atom stereocenters. The Labute approximate surface area is 145 Å². The van der Waals surface area contributed by atoms with Crippen LogP contribution in [0.1, 0.15) is 11.4 Å². The van der Waals surface area contributed by atoms with Crippen molar-refractivity contribution in [3.63, 3.8) is 0 Å². The molecule has 1 heterocycles. The number of benzene rings is 2. The van der Waals surface area contributed by atoms with Crippen LogP contribution in [0.2, 0.25) is 0 Å². The number of hydrogen-bond donors (Lipinski definition) is 2. The van der Waals surface area contributed by atoms with E-state index in [2.05, 4.69) is 15.3 Å². The van der Waals surface area contributed by atoms with E-state index in [4.69, 9.17) is 9.47 Å². The van der Waals surface area contributed by atoms with Crippen LogP contribution in [0.25, 0.3) is 17.1 Å². The molecule has 6 nitrogen and oxygen atoms in total. The zero-order chi connectivity index (χ0) is 17.6. The van der Waals surface area contributed by atoms with Crippen LogP contribution >= 0.6 is 0 Å². The second-order valence-electron chi connectivity index (χ2n) is 5.36. The lowest BCUT2D eigenvalue weighted by molar-refractivity contribution is -0.116. The largest absolute Gasteiger partial charge is 0.497 e. The van der Waals surface area contributed by atoms with Gasteiger partial charge in [0.15, 0.2) is 0 Å². The van der Waals surface area contributed by atoms with Gasteiger partial charge in [0.1, 0.15) is 17.3 Å². The van der Waals surface area contributed by atoms with E-state index in [1.54, 1.807) is 26.4 Å². The molecular weight excluding hydrogens is 318 g/mol. The topological polar surface area (TPSA) is 76.2 Å². The van der Waals surface area contributed by atoms with Crippen molar-refractivity contribution in [3.8, 4) is 11.5 Å². The number of rotatable bonds is 6. The van der Waals surface area contributed by atoms with Crippen LogP contribution < -0.4 is 14.8 Å². The van der Waals surface area contributed by atoms with Crippen LogP contribution in [-0.4, -0.2) is 30.1 Å². The average molecular weight is 337 g/mol. The Morgan fingerprint density at radius 1 is 1.20 bits per heavy atom. The number of aromatic nitrogens is 2. The molecular formula is C19H19N3O3. The minimum Gasteiger partial charge on any atom is -0.497 e. The second kappa shape index (κ2) is 7.53. The fraction of sp³-hybridized carbons (Fsp3) is 0.158. The molecule has 0 saturated carbocycles. The molecule has 1 amide bonds. The molecule has 3 rings (SSSR count). The number of aromatic amines is 1. The van der Waals surface area contributed by atoms with E-state index in [0.717, 1.165) is 16.6 Å². The Balaban J connectivity index is 1.63. The fourth-order valence-electron chi connectivity index (χ4n) is 2.44. The first-order chi connectivity index (χ1) is 12.2. The molecule has 0 bridgehead atoms. The number of ether oxygens (including phenoxy) is 2. The SMILES string of the molecule is COc1ccc(/C=C/C(=O)NCc2nc3ccccc3[nH]2)c(OC)c1. The number of nitrogens with one attached hydrogen (secondary N) is 2. The highest BCUT2D eigenvalue weighted by atomic mass is 16.5. The molecule has 0 fully saturated rings. The van der Waals surface area contributed by atoms with Crippen molar-refractivity contribution < 1.29 is 14.3 Å². The molecule has 1 aromatic heterocycles. The summed E-state index contributed by atoms with van der Waals surface area (Å²) in [5, 5.41) is 2.81. The van der Waals surface area contributed by atoms with Gasteiger partial charge in [-0.15, -0.1) is 0 Å². The summed E-state index contributed by atoms with van der Waals surface area (Å²) in [4.78, 5) is 19.6. The van der Waals surface area contributed by atoms with Gasteiger partial charge in [-0.2, -0.15) is 0 Å². The monoisotopic (exact) mass is 337 g/mol. The molecule has 0 spiro atoms. The maximum absolute atomic E-state index is 12.0. The van der Waals surface area contributed by atoms with E-state index >= 15 is 0 Å². The number of carbonyl (C=O) groups excluding carboxylic acids is 1. The maximum Gasteiger partial charge on any atom is 0.244 e. The first kappa shape index (κ1) is 16.6. The standard InChI is InChI=1S/C19H19N3O3/c1-24-14-9-7-13(17(11-14)25-2)8-10-19(23)20-12-18-21-15-5-3-4-6-16(15)22-18/h3-11H,12H2,1-2H3,(H,20,23)(H,21,22)/b10-8+. The second-order valence-corrected chi connectivity index (χ2v) is 5.36. The summed E-state index contributed by atoms with van der Waals surface area (Å²) in [6, 6.07) is 13.2. The Morgan fingerprint density at radius 3 is 2.80 bits per heavy atom. The van der Waals surface area contributed by atoms with Gasteiger partial charge in [0.2, 0.25) is 5.91 Å². The highest BCUT2D eigenvalue weighted by Gasteiger charge is 2.05. The van der Waals surface area contributed by atoms with Gasteiger partial charge >= 0.3 is 0 Å². The summed E-state index contributed by atoms with van der Waals surface area (Å²) < 4.78 is 10.5. The van der Waals surface area contributed by atoms with E-state index in [1.807, 2.05) is 36.4 Å². The predicted octanol–water partition coefficient (Wildman–Crippen LogP) is 2.91. The highest BCUT2D eigenvalue weighted by Crippen LogP contribution is 2.25. The molecule has 0 aliphatic rings. The molecule has 3 aromatic rings. The molecule has 2 N–H and O–H groups in total. The van der Waals surface area contributed by atoms with Gasteiger partial charge in [0.05, 0.1) is 31.8 Å². The lowest BCUT2D eigenvalue weighted by atomic mass is 10.1. The summed E-state index contributed by atoms with van der Waals surface area (Å²) in [6.07, 6.45) is 3.17. The third-order valence-electron chi connectivity index (χ3n) is 3.72. The highest BCUT2D eigenvalue weighted by molar-refractivity contribution is 5.92. The van der Waals surface area contributed by atoms with E-state index in [9.17, 15) is 4.79 Å². The quantitative estimate of drug-likeness (QED) is 0.678. The molecule has 0 aliphatic carbocycles. The summed E-state index contributed by atoms with van der Waals surface area (Å²) in [6.45, 7) is 0.331. The van der Waals surface area contributed by atoms with Crippen LogP contribution in [0.3, 0.4) is 0 Å². The molecule has 2 aromatic carbocycles. The Morgan fingerprint density at radius 2 is 2.04 bits per heavy atom. The fourth-order valence-corrected chi connectivity index (χ4v) is 2.44. The van der Waals surface area contributed by atoms with Crippen molar-refractivity contribution in [2.75, 3.05) is 14.2 Å². The minimum absolute atomic E-state index is 0.210. The molecule has 0 radical (unpaired) electrons. The Bertz CT molecular complexity index is 882. The molecule has 0 saturated heterocycles. The number of carbonyl (C=O) groups is 1. The van der Waals surface area contributed by atoms with Crippen molar-refractivity contribution in [3.05, 3.63) is 59.9 Å². The lowest BCUT2D eigenvalue weighted by Crippen LogP contribution is -2.20. The summed E-state index contributed by atoms with van der Waals surface area (Å²) >= 11 is 0. The molecule has 128 valence electrons. The number of methoxy groups -OCH3 is 2. The van der Waals surface area contributed by atoms with Gasteiger partial charge in [-0.1, -0.05) is 12.1 Å². The lowest BCUT2D eigenvalue weighted by Gasteiger charge is -2.07. The van der Waals surface area contributed by atoms with Crippen molar-refractivity contribution in [1.29, 1.82) is 0 Å². The number of para-hydroxylation sites is 2. The minimum atomic E-state index is -0.210. The number of fused-ring (bicyclic) bond motifs is 1. The van der Waals surface area contributed by atoms with Gasteiger partial charge in [-0.25, -0.2) is 4.98 Å². The van der Waals surface area contributed by atoms with Gasteiger partial charge in [-0.05, 0) is 30.3 Å². The molecule has 0 aliphatic heterocycles. The maximum atomic E-state index is 12.0. The zero-order valence-electron chi connectivity index (χ0n) is 14.1. The van der Waals surface area contributed by atoms with Crippen molar-refractivity contribution in [1.82, 2.24) is 15.3 Å². The van der Waals surface area contributed by atoms with Crippen molar-refractivity contribution >= 4 is 23.0 Å². The number of hydrogen-bond acceptors (Lipinski definition) is 4. The van der Waals surface area contributed by atoms with E-state index in [0.29, 0.717) is 23.9 Å². The molecule has 0 unspecified atom stereocenters. The number of imidazole rings is 1. The van der Waals surface area contributed by atoms with Gasteiger partial charge < -0.3 is 19.8 Å². The van der Waals surface area contributed by atoms with Gasteiger partial charge in [-0.3, -0.25) is 4.79 Å². The van der Waals surface area contributed by atoms with Crippen LogP contribution in [0.5, 0.6) is 11.5 Å². The zero-order valence-corrected chi connectivity index (χ0v) is 14.1. The van der Waals surface area contributed by atoms with Crippen LogP contribution in [-0.2, 0) is 11.3 Å². The van der Waals surface area contributed by atoms with Crippen molar-refractivity contribution in [2.24, 2.45) is 0 Å². The van der Waals surface area contributed by atoms with Crippen LogP contribution in [0, 0.1) is 0 Å². The first-order valence-electron chi connectivity index (χ1n) is 7.81.